The smallest absolute Gasteiger partial charge is 0.258 e. The fraction of sp³-hybridized carbons (Fsp3) is 0. The highest BCUT2D eigenvalue weighted by molar-refractivity contribution is 7.80. The molecule has 0 aliphatic carbocycles. The molecule has 0 fully saturated rings. The number of carbonyl (C=O) groups is 1. The van der Waals surface area contributed by atoms with Gasteiger partial charge in [-0.2, -0.15) is 5.10 Å². The van der Waals surface area contributed by atoms with Crippen LogP contribution in [0.4, 0.5) is 5.69 Å². The van der Waals surface area contributed by atoms with Gasteiger partial charge < -0.3 is 5.32 Å². The van der Waals surface area contributed by atoms with E-state index in [1.54, 1.807) is 54.7 Å². The second kappa shape index (κ2) is 10.5. The molecule has 0 saturated heterocycles. The van der Waals surface area contributed by atoms with Crippen molar-refractivity contribution in [3.05, 3.63) is 97.5 Å². The van der Waals surface area contributed by atoms with Gasteiger partial charge in [0, 0.05) is 16.3 Å². The van der Waals surface area contributed by atoms with Gasteiger partial charge >= 0.3 is 0 Å². The molecule has 1 aromatic heterocycles. The Bertz CT molecular complexity index is 1380. The Balaban J connectivity index is 1.54. The fourth-order valence-electron chi connectivity index (χ4n) is 3.11. The molecule has 4 aromatic rings. The lowest BCUT2D eigenvalue weighted by atomic mass is 10.2. The van der Waals surface area contributed by atoms with Gasteiger partial charge in [-0.3, -0.25) is 10.1 Å². The van der Waals surface area contributed by atoms with E-state index < -0.39 is 5.91 Å². The van der Waals surface area contributed by atoms with Gasteiger partial charge in [-0.25, -0.2) is 4.68 Å². The average Bonchev–Trinajstić information content (AvgIpc) is 3.14. The van der Waals surface area contributed by atoms with Crippen LogP contribution in [0.5, 0.6) is 0 Å². The first-order chi connectivity index (χ1) is 16.2. The van der Waals surface area contributed by atoms with Gasteiger partial charge in [-0.05, 0) is 48.6 Å². The van der Waals surface area contributed by atoms with Gasteiger partial charge in [-0.1, -0.05) is 82.3 Å². The molecule has 1 heterocycles. The van der Waals surface area contributed by atoms with Crippen molar-refractivity contribution in [1.82, 2.24) is 15.1 Å². The molecule has 0 aliphatic rings. The number of nitrogens with zero attached hydrogens (tertiary/aromatic N) is 2. The maximum atomic E-state index is 12.4. The lowest BCUT2D eigenvalue weighted by molar-refractivity contribution is 0.0978. The molecule has 1 amide bonds. The lowest BCUT2D eigenvalue weighted by Crippen LogP contribution is -2.34. The van der Waals surface area contributed by atoms with Crippen molar-refractivity contribution in [2.24, 2.45) is 0 Å². The zero-order valence-corrected chi connectivity index (χ0v) is 21.5. The third kappa shape index (κ3) is 5.49. The van der Waals surface area contributed by atoms with Crippen LogP contribution >= 0.6 is 70.2 Å². The molecule has 172 valence electrons. The third-order valence-electron chi connectivity index (χ3n) is 4.64. The van der Waals surface area contributed by atoms with Gasteiger partial charge in [0.1, 0.15) is 11.4 Å². The van der Waals surface area contributed by atoms with E-state index in [1.165, 1.54) is 4.68 Å². The number of rotatable bonds is 4. The van der Waals surface area contributed by atoms with Crippen LogP contribution in [0.2, 0.25) is 25.1 Å². The topological polar surface area (TPSA) is 59.0 Å². The maximum Gasteiger partial charge on any atom is 0.258 e. The molecule has 0 radical (unpaired) electrons. The minimum Gasteiger partial charge on any atom is -0.332 e. The SMILES string of the molecule is O=C(NC(=S)Nc1cc(Cl)c(-n2cc(Cl)c(-c3ccc(Cl)cc3)n2)c(Cl)c1)c1ccccc1Cl. The summed E-state index contributed by atoms with van der Waals surface area (Å²) < 4.78 is 1.50. The minimum atomic E-state index is -0.446. The number of hydrogen-bond acceptors (Lipinski definition) is 3. The van der Waals surface area contributed by atoms with E-state index in [2.05, 4.69) is 15.7 Å². The molecule has 34 heavy (non-hydrogen) atoms. The number of amides is 1. The Labute approximate surface area is 225 Å². The van der Waals surface area contributed by atoms with Gasteiger partial charge in [0.25, 0.3) is 5.91 Å². The van der Waals surface area contributed by atoms with Crippen LogP contribution in [-0.4, -0.2) is 20.8 Å². The number of halogens is 5. The Morgan fingerprint density at radius 1 is 0.853 bits per heavy atom. The van der Waals surface area contributed by atoms with E-state index in [0.29, 0.717) is 37.7 Å². The van der Waals surface area contributed by atoms with Crippen LogP contribution in [0, 0.1) is 0 Å². The summed E-state index contributed by atoms with van der Waals surface area (Å²) in [5.74, 6) is -0.446. The van der Waals surface area contributed by atoms with E-state index in [4.69, 9.17) is 70.2 Å². The second-order valence-corrected chi connectivity index (χ2v) is 9.43. The van der Waals surface area contributed by atoms with Crippen molar-refractivity contribution in [2.75, 3.05) is 5.32 Å². The highest BCUT2D eigenvalue weighted by Gasteiger charge is 2.17. The van der Waals surface area contributed by atoms with Gasteiger partial charge in [0.2, 0.25) is 0 Å². The Morgan fingerprint density at radius 3 is 2.15 bits per heavy atom. The average molecular weight is 571 g/mol. The number of aromatic nitrogens is 2. The summed E-state index contributed by atoms with van der Waals surface area (Å²) in [4.78, 5) is 12.4. The molecule has 5 nitrogen and oxygen atoms in total. The van der Waals surface area contributed by atoms with Gasteiger partial charge in [-0.15, -0.1) is 0 Å². The highest BCUT2D eigenvalue weighted by Crippen LogP contribution is 2.35. The quantitative estimate of drug-likeness (QED) is 0.245. The van der Waals surface area contributed by atoms with E-state index in [0.717, 1.165) is 5.56 Å². The molecule has 0 aliphatic heterocycles. The molecule has 4 rings (SSSR count). The summed E-state index contributed by atoms with van der Waals surface area (Å²) >= 11 is 36.7. The number of thiocarbonyl (C=S) groups is 1. The molecule has 0 saturated carbocycles. The molecule has 2 N–H and O–H groups in total. The van der Waals surface area contributed by atoms with Crippen molar-refractivity contribution in [3.63, 3.8) is 0 Å². The van der Waals surface area contributed by atoms with Crippen molar-refractivity contribution in [3.8, 4) is 16.9 Å². The standard InChI is InChI=1S/C23H13Cl5N4OS/c24-13-7-5-12(6-8-13)20-19(28)11-32(31-20)21-17(26)9-14(10-18(21)27)29-23(34)30-22(33)15-3-1-2-4-16(15)25/h1-11H,(H2,29,30,33,34). The van der Waals surface area contributed by atoms with E-state index >= 15 is 0 Å². The highest BCUT2D eigenvalue weighted by atomic mass is 35.5. The Morgan fingerprint density at radius 2 is 1.50 bits per heavy atom. The molecule has 0 atom stereocenters. The molecule has 0 bridgehead atoms. The number of hydrogen-bond donors (Lipinski definition) is 2. The van der Waals surface area contributed by atoms with Crippen LogP contribution in [0.1, 0.15) is 10.4 Å². The summed E-state index contributed by atoms with van der Waals surface area (Å²) in [6.07, 6.45) is 1.61. The van der Waals surface area contributed by atoms with Crippen LogP contribution in [0.3, 0.4) is 0 Å². The monoisotopic (exact) mass is 568 g/mol. The first-order valence-electron chi connectivity index (χ1n) is 9.60. The molecule has 0 unspecified atom stereocenters. The van der Waals surface area contributed by atoms with Crippen molar-refractivity contribution in [1.29, 1.82) is 0 Å². The normalized spacial score (nSPS) is 10.7. The van der Waals surface area contributed by atoms with E-state index in [1.807, 2.05) is 12.1 Å². The molecule has 3 aromatic carbocycles. The van der Waals surface area contributed by atoms with Crippen LogP contribution in [0.15, 0.2) is 66.9 Å². The summed E-state index contributed by atoms with van der Waals surface area (Å²) in [5, 5.41) is 12.0. The van der Waals surface area contributed by atoms with E-state index in [9.17, 15) is 4.79 Å². The summed E-state index contributed by atoms with van der Waals surface area (Å²) in [7, 11) is 0. The predicted molar refractivity (Wildman–Crippen MR) is 144 cm³/mol. The van der Waals surface area contributed by atoms with Gasteiger partial charge in [0.05, 0.1) is 31.9 Å². The fourth-order valence-corrected chi connectivity index (χ4v) is 4.56. The second-order valence-electron chi connectivity index (χ2n) is 6.95. The zero-order chi connectivity index (χ0) is 24.4. The minimum absolute atomic E-state index is 0.0527. The van der Waals surface area contributed by atoms with Crippen LogP contribution in [0.25, 0.3) is 16.9 Å². The number of benzene rings is 3. The lowest BCUT2D eigenvalue weighted by Gasteiger charge is -2.13. The zero-order valence-electron chi connectivity index (χ0n) is 17.0. The number of carbonyl (C=O) groups excluding carboxylic acids is 1. The molecular weight excluding hydrogens is 558 g/mol. The summed E-state index contributed by atoms with van der Waals surface area (Å²) in [5.41, 5.74) is 2.54. The number of anilines is 1. The largest absolute Gasteiger partial charge is 0.332 e. The summed E-state index contributed by atoms with van der Waals surface area (Å²) in [6, 6.07) is 17.0. The maximum absolute atomic E-state index is 12.4. The Hall–Kier alpha value is -2.32. The Kier molecular flexibility index (Phi) is 7.67. The number of nitrogens with one attached hydrogen (secondary N) is 2. The predicted octanol–water partition coefficient (Wildman–Crippen LogP) is 7.93. The third-order valence-corrected chi connectivity index (χ3v) is 6.28. The molecule has 11 heteroatoms. The molecule has 0 spiro atoms. The first kappa shape index (κ1) is 24.8. The summed E-state index contributed by atoms with van der Waals surface area (Å²) in [6.45, 7) is 0. The first-order valence-corrected chi connectivity index (χ1v) is 11.9. The van der Waals surface area contributed by atoms with Crippen LogP contribution in [-0.2, 0) is 0 Å². The van der Waals surface area contributed by atoms with Gasteiger partial charge in [0.15, 0.2) is 5.11 Å². The van der Waals surface area contributed by atoms with Crippen molar-refractivity contribution < 1.29 is 4.79 Å². The molecular formula is C23H13Cl5N4OS. The van der Waals surface area contributed by atoms with Crippen molar-refractivity contribution >= 4 is 86.9 Å². The van der Waals surface area contributed by atoms with Crippen molar-refractivity contribution in [2.45, 2.75) is 0 Å². The van der Waals surface area contributed by atoms with E-state index in [-0.39, 0.29) is 15.2 Å². The van der Waals surface area contributed by atoms with Crippen LogP contribution < -0.4 is 10.6 Å².